The number of nitrogens with one attached hydrogen (secondary N) is 1. The molecular weight excluding hydrogens is 564 g/mol. The van der Waals surface area contributed by atoms with E-state index < -0.39 is 6.29 Å². The Morgan fingerprint density at radius 2 is 1.69 bits per heavy atom. The van der Waals surface area contributed by atoms with Crippen LogP contribution in [0.15, 0.2) is 79.0 Å². The third kappa shape index (κ3) is 6.51. The number of ether oxygens (including phenoxy) is 2. The Labute approximate surface area is 264 Å². The molecule has 1 saturated carbocycles. The smallest absolute Gasteiger partial charge is 0.275 e. The second-order valence-electron chi connectivity index (χ2n) is 14.3. The number of aliphatic hydroxyl groups excluding tert-OH is 1. The number of aliphatic hydroxyl groups is 1. The quantitative estimate of drug-likeness (QED) is 0.238. The minimum absolute atomic E-state index is 0.00295. The van der Waals surface area contributed by atoms with Crippen LogP contribution in [0.25, 0.3) is 11.0 Å². The van der Waals surface area contributed by atoms with Crippen molar-refractivity contribution >= 4 is 22.6 Å². The van der Waals surface area contributed by atoms with Gasteiger partial charge in [-0.15, -0.1) is 0 Å². The Kier molecular flexibility index (Phi) is 7.94. The lowest BCUT2D eigenvalue weighted by Crippen LogP contribution is -2.42. The lowest BCUT2D eigenvalue weighted by molar-refractivity contribution is -0.253. The summed E-state index contributed by atoms with van der Waals surface area (Å²) < 4.78 is 13.3. The molecule has 8 nitrogen and oxygen atoms in total. The molecule has 3 heterocycles. The summed E-state index contributed by atoms with van der Waals surface area (Å²) in [4.78, 5) is 24.4. The summed E-state index contributed by atoms with van der Waals surface area (Å²) in [6, 6.07) is 23.7. The third-order valence-corrected chi connectivity index (χ3v) is 9.70. The zero-order chi connectivity index (χ0) is 31.2. The average molecular weight is 607 g/mol. The first-order chi connectivity index (χ1) is 21.6. The standard InChI is InChI=1S/C37H42N4O4/c1-36(2)17-28-18-37(3,22-36)23-41(28)20-29-16-33(25-10-8-24(21-42)9-11-25)45-35(44-29)26-12-14-27(15-13-26)39-34(43)32-19-38-30-6-4-5-7-31(30)40-32/h4-15,19,28-29,33,35,42H,16-18,20-23H2,1-3H3,(H,39,43)/t28?,29-,33+,35+,37?/m0/s1. The van der Waals surface area contributed by atoms with Gasteiger partial charge in [0.2, 0.25) is 0 Å². The van der Waals surface area contributed by atoms with E-state index in [4.69, 9.17) is 9.47 Å². The van der Waals surface area contributed by atoms with Gasteiger partial charge in [0.15, 0.2) is 6.29 Å². The summed E-state index contributed by atoms with van der Waals surface area (Å²) in [6.45, 7) is 9.28. The van der Waals surface area contributed by atoms with Gasteiger partial charge in [0.25, 0.3) is 5.91 Å². The molecule has 1 aliphatic carbocycles. The van der Waals surface area contributed by atoms with Gasteiger partial charge < -0.3 is 19.9 Å². The van der Waals surface area contributed by atoms with Crippen molar-refractivity contribution in [3.8, 4) is 0 Å². The monoisotopic (exact) mass is 606 g/mol. The predicted octanol–water partition coefficient (Wildman–Crippen LogP) is 6.82. The van der Waals surface area contributed by atoms with E-state index in [1.54, 1.807) is 0 Å². The first-order valence-corrected chi connectivity index (χ1v) is 16.0. The van der Waals surface area contributed by atoms with Crippen LogP contribution in [-0.4, -0.2) is 51.1 Å². The maximum atomic E-state index is 13.0. The summed E-state index contributed by atoms with van der Waals surface area (Å²) in [7, 11) is 0. The molecule has 2 aliphatic heterocycles. The number of likely N-dealkylation sites (tertiary alicyclic amines) is 1. The topological polar surface area (TPSA) is 96.8 Å². The summed E-state index contributed by atoms with van der Waals surface area (Å²) in [5, 5.41) is 12.5. The zero-order valence-corrected chi connectivity index (χ0v) is 26.3. The van der Waals surface area contributed by atoms with Gasteiger partial charge in [-0.3, -0.25) is 14.7 Å². The molecule has 3 fully saturated rings. The van der Waals surface area contributed by atoms with Crippen molar-refractivity contribution in [2.24, 2.45) is 10.8 Å². The fraction of sp³-hybridized carbons (Fsp3) is 0.432. The normalized spacial score (nSPS) is 27.8. The van der Waals surface area contributed by atoms with E-state index in [2.05, 4.69) is 53.1 Å². The number of hydrogen-bond acceptors (Lipinski definition) is 7. The van der Waals surface area contributed by atoms with Crippen molar-refractivity contribution < 1.29 is 19.4 Å². The van der Waals surface area contributed by atoms with E-state index in [-0.39, 0.29) is 30.4 Å². The van der Waals surface area contributed by atoms with E-state index in [0.29, 0.717) is 28.1 Å². The molecule has 0 radical (unpaired) electrons. The number of nitrogens with zero attached hydrogens (tertiary/aromatic N) is 3. The lowest BCUT2D eigenvalue weighted by Gasteiger charge is -2.41. The largest absolute Gasteiger partial charge is 0.392 e. The van der Waals surface area contributed by atoms with Crippen LogP contribution in [0, 0.1) is 10.8 Å². The van der Waals surface area contributed by atoms with Gasteiger partial charge in [0.1, 0.15) is 5.69 Å². The molecule has 2 saturated heterocycles. The highest BCUT2D eigenvalue weighted by molar-refractivity contribution is 6.03. The number of anilines is 1. The average Bonchev–Trinajstić information content (AvgIpc) is 3.27. The minimum Gasteiger partial charge on any atom is -0.392 e. The molecule has 7 rings (SSSR count). The predicted molar refractivity (Wildman–Crippen MR) is 173 cm³/mol. The molecule has 4 aromatic rings. The van der Waals surface area contributed by atoms with Crippen LogP contribution < -0.4 is 5.32 Å². The van der Waals surface area contributed by atoms with Gasteiger partial charge in [0.05, 0.1) is 36.0 Å². The van der Waals surface area contributed by atoms with Crippen LogP contribution in [0.2, 0.25) is 0 Å². The first-order valence-electron chi connectivity index (χ1n) is 16.0. The van der Waals surface area contributed by atoms with Gasteiger partial charge in [0, 0.05) is 36.8 Å². The number of carbonyl (C=O) groups is 1. The number of aromatic nitrogens is 2. The molecule has 2 bridgehead atoms. The van der Waals surface area contributed by atoms with Crippen LogP contribution in [-0.2, 0) is 16.1 Å². The van der Waals surface area contributed by atoms with E-state index in [0.717, 1.165) is 41.7 Å². The van der Waals surface area contributed by atoms with Crippen molar-refractivity contribution in [2.75, 3.05) is 18.4 Å². The van der Waals surface area contributed by atoms with Crippen LogP contribution in [0.4, 0.5) is 5.69 Å². The summed E-state index contributed by atoms with van der Waals surface area (Å²) in [6.07, 6.45) is 5.32. The molecule has 234 valence electrons. The highest BCUT2D eigenvalue weighted by atomic mass is 16.7. The highest BCUT2D eigenvalue weighted by Crippen LogP contribution is 2.53. The molecule has 0 spiro atoms. The van der Waals surface area contributed by atoms with Crippen molar-refractivity contribution in [3.63, 3.8) is 0 Å². The Morgan fingerprint density at radius 3 is 2.44 bits per heavy atom. The zero-order valence-electron chi connectivity index (χ0n) is 26.3. The number of para-hydroxylation sites is 2. The van der Waals surface area contributed by atoms with Crippen molar-refractivity contribution in [1.82, 2.24) is 14.9 Å². The molecule has 1 aromatic heterocycles. The molecule has 5 atom stereocenters. The minimum atomic E-state index is -0.545. The SMILES string of the molecule is CC1(C)CC2CC(C)(CN2C[C@@H]2C[C@H](c3ccc(CO)cc3)O[C@H](c3ccc(NC(=O)c4cnc5ccccc5n4)cc3)O2)C1. The number of benzene rings is 3. The molecule has 3 aromatic carbocycles. The molecule has 8 heteroatoms. The highest BCUT2D eigenvalue weighted by Gasteiger charge is 2.50. The van der Waals surface area contributed by atoms with Gasteiger partial charge >= 0.3 is 0 Å². The van der Waals surface area contributed by atoms with Gasteiger partial charge in [-0.05, 0) is 65.5 Å². The third-order valence-electron chi connectivity index (χ3n) is 9.70. The number of hydrogen-bond donors (Lipinski definition) is 2. The fourth-order valence-corrected chi connectivity index (χ4v) is 8.07. The Morgan fingerprint density at radius 1 is 0.956 bits per heavy atom. The molecule has 45 heavy (non-hydrogen) atoms. The van der Waals surface area contributed by atoms with Crippen LogP contribution >= 0.6 is 0 Å². The van der Waals surface area contributed by atoms with Crippen LogP contribution in [0.3, 0.4) is 0 Å². The maximum absolute atomic E-state index is 13.0. The van der Waals surface area contributed by atoms with Gasteiger partial charge in [-0.25, -0.2) is 4.98 Å². The molecular formula is C37H42N4O4. The maximum Gasteiger partial charge on any atom is 0.275 e. The van der Waals surface area contributed by atoms with E-state index in [1.165, 1.54) is 25.5 Å². The Bertz CT molecular complexity index is 1670. The van der Waals surface area contributed by atoms with E-state index in [9.17, 15) is 9.90 Å². The fourth-order valence-electron chi connectivity index (χ4n) is 8.07. The van der Waals surface area contributed by atoms with Crippen molar-refractivity contribution in [3.05, 3.63) is 101 Å². The number of fused-ring (bicyclic) bond motifs is 3. The summed E-state index contributed by atoms with van der Waals surface area (Å²) >= 11 is 0. The van der Waals surface area contributed by atoms with Gasteiger partial charge in [-0.2, -0.15) is 0 Å². The summed E-state index contributed by atoms with van der Waals surface area (Å²) in [5.41, 5.74) is 5.92. The second-order valence-corrected chi connectivity index (χ2v) is 14.3. The molecule has 3 aliphatic rings. The lowest BCUT2D eigenvalue weighted by atomic mass is 9.65. The summed E-state index contributed by atoms with van der Waals surface area (Å²) in [5.74, 6) is -0.315. The van der Waals surface area contributed by atoms with Crippen molar-refractivity contribution in [2.45, 2.75) is 77.6 Å². The van der Waals surface area contributed by atoms with E-state index in [1.807, 2.05) is 60.7 Å². The van der Waals surface area contributed by atoms with Crippen LogP contribution in [0.5, 0.6) is 0 Å². The Balaban J connectivity index is 1.08. The Hall–Kier alpha value is -3.69. The number of rotatable bonds is 7. The first kappa shape index (κ1) is 30.0. The second kappa shape index (κ2) is 11.9. The number of amides is 1. The number of carbonyl (C=O) groups excluding carboxylic acids is 1. The molecule has 2 N–H and O–H groups in total. The molecule has 1 amide bonds. The van der Waals surface area contributed by atoms with Gasteiger partial charge in [-0.1, -0.05) is 69.3 Å². The van der Waals surface area contributed by atoms with Crippen LogP contribution in [0.1, 0.15) is 86.0 Å². The van der Waals surface area contributed by atoms with Crippen molar-refractivity contribution in [1.29, 1.82) is 0 Å². The molecule has 2 unspecified atom stereocenters. The van der Waals surface area contributed by atoms with E-state index >= 15 is 0 Å².